The topological polar surface area (TPSA) is 61.4 Å². The van der Waals surface area contributed by atoms with Gasteiger partial charge in [-0.15, -0.1) is 0 Å². The highest BCUT2D eigenvalue weighted by Gasteiger charge is 2.14. The fourth-order valence-electron chi connectivity index (χ4n) is 5.59. The normalized spacial score (nSPS) is 11.5. The van der Waals surface area contributed by atoms with E-state index in [0.29, 0.717) is 0 Å². The Bertz CT molecular complexity index is 1530. The van der Waals surface area contributed by atoms with E-state index in [4.69, 9.17) is 9.97 Å². The Morgan fingerprint density at radius 1 is 0.425 bits per heavy atom. The first-order chi connectivity index (χ1) is 19.9. The van der Waals surface area contributed by atoms with Crippen LogP contribution >= 0.6 is 0 Å². The van der Waals surface area contributed by atoms with Crippen LogP contribution in [0, 0.1) is 0 Å². The average Bonchev–Trinajstić information content (AvgIpc) is 3.57. The average molecular weight is 529 g/mol. The molecule has 4 heterocycles. The summed E-state index contributed by atoms with van der Waals surface area (Å²) in [5.41, 5.74) is 6.35. The summed E-state index contributed by atoms with van der Waals surface area (Å²) in [6.07, 6.45) is 13.6. The minimum absolute atomic E-state index is 0.939. The van der Waals surface area contributed by atoms with Crippen molar-refractivity contribution >= 4 is 22.1 Å². The van der Waals surface area contributed by atoms with Crippen LogP contribution in [0.5, 0.6) is 0 Å². The molecule has 0 saturated carbocycles. The van der Waals surface area contributed by atoms with Gasteiger partial charge in [-0.05, 0) is 61.4 Å². The summed E-state index contributed by atoms with van der Waals surface area (Å²) >= 11 is 0. The van der Waals surface area contributed by atoms with Crippen LogP contribution in [0.4, 0.5) is 0 Å². The van der Waals surface area contributed by atoms with Crippen LogP contribution in [-0.4, -0.2) is 29.1 Å². The second kappa shape index (κ2) is 12.7. The van der Waals surface area contributed by atoms with E-state index in [-0.39, 0.29) is 0 Å². The summed E-state index contributed by atoms with van der Waals surface area (Å²) in [5, 5.41) is 0. The number of imidazole rings is 2. The molecule has 40 heavy (non-hydrogen) atoms. The van der Waals surface area contributed by atoms with Gasteiger partial charge in [0, 0.05) is 25.5 Å². The lowest BCUT2D eigenvalue weighted by Crippen LogP contribution is -2.02. The predicted molar refractivity (Wildman–Crippen MR) is 163 cm³/mol. The number of fused-ring (bicyclic) bond motifs is 2. The maximum absolute atomic E-state index is 4.89. The molecule has 0 N–H and O–H groups in total. The molecule has 2 aromatic carbocycles. The summed E-state index contributed by atoms with van der Waals surface area (Å²) in [7, 11) is 0. The lowest BCUT2D eigenvalue weighted by Gasteiger charge is -2.10. The van der Waals surface area contributed by atoms with Crippen molar-refractivity contribution in [3.05, 3.63) is 97.3 Å². The molecule has 6 heteroatoms. The van der Waals surface area contributed by atoms with Crippen LogP contribution in [0.25, 0.3) is 45.1 Å². The third-order valence-electron chi connectivity index (χ3n) is 7.61. The van der Waals surface area contributed by atoms with Crippen molar-refractivity contribution in [2.45, 2.75) is 64.5 Å². The fourth-order valence-corrected chi connectivity index (χ4v) is 5.59. The van der Waals surface area contributed by atoms with E-state index >= 15 is 0 Å². The third-order valence-corrected chi connectivity index (χ3v) is 7.61. The molecule has 0 atom stereocenters. The Balaban J connectivity index is 0.952. The van der Waals surface area contributed by atoms with E-state index < -0.39 is 0 Å². The number of unbranched alkanes of at least 4 members (excludes halogenated alkanes) is 7. The number of pyridine rings is 2. The van der Waals surface area contributed by atoms with Gasteiger partial charge >= 0.3 is 0 Å². The van der Waals surface area contributed by atoms with Crippen LogP contribution in [0.3, 0.4) is 0 Å². The predicted octanol–water partition coefficient (Wildman–Crippen LogP) is 8.33. The van der Waals surface area contributed by atoms with Crippen LogP contribution in [0.15, 0.2) is 97.3 Å². The summed E-state index contributed by atoms with van der Waals surface area (Å²) in [6.45, 7) is 1.95. The smallest absolute Gasteiger partial charge is 0.159 e. The molecule has 6 rings (SSSR count). The van der Waals surface area contributed by atoms with Gasteiger partial charge in [0.1, 0.15) is 11.4 Å². The first-order valence-electron chi connectivity index (χ1n) is 14.6. The summed E-state index contributed by atoms with van der Waals surface area (Å²) in [6, 6.07) is 28.9. The Labute approximate surface area is 235 Å². The molecule has 6 aromatic rings. The minimum atomic E-state index is 0.939. The van der Waals surface area contributed by atoms with Crippen molar-refractivity contribution in [3.8, 4) is 23.0 Å². The molecule has 0 spiro atoms. The van der Waals surface area contributed by atoms with E-state index in [0.717, 1.165) is 60.0 Å². The van der Waals surface area contributed by atoms with Gasteiger partial charge in [-0.3, -0.25) is 9.97 Å². The quantitative estimate of drug-likeness (QED) is 0.141. The van der Waals surface area contributed by atoms with Gasteiger partial charge in [0.25, 0.3) is 0 Å². The van der Waals surface area contributed by atoms with Gasteiger partial charge in [0.15, 0.2) is 11.6 Å². The van der Waals surface area contributed by atoms with E-state index in [1.807, 2.05) is 48.8 Å². The largest absolute Gasteiger partial charge is 0.323 e. The van der Waals surface area contributed by atoms with Gasteiger partial charge in [-0.25, -0.2) is 9.97 Å². The highest BCUT2D eigenvalue weighted by molar-refractivity contribution is 5.80. The van der Waals surface area contributed by atoms with Crippen LogP contribution in [0.1, 0.15) is 51.4 Å². The maximum atomic E-state index is 4.89. The number of para-hydroxylation sites is 4. The molecule has 0 amide bonds. The third kappa shape index (κ3) is 5.81. The molecule has 202 valence electrons. The second-order valence-electron chi connectivity index (χ2n) is 10.4. The molecule has 0 saturated heterocycles. The fraction of sp³-hybridized carbons (Fsp3) is 0.294. The maximum Gasteiger partial charge on any atom is 0.159 e. The van der Waals surface area contributed by atoms with Crippen molar-refractivity contribution in [3.63, 3.8) is 0 Å². The molecule has 4 aromatic heterocycles. The monoisotopic (exact) mass is 528 g/mol. The number of aryl methyl sites for hydroxylation is 2. The number of rotatable bonds is 13. The zero-order chi connectivity index (χ0) is 27.0. The van der Waals surface area contributed by atoms with Crippen LogP contribution < -0.4 is 0 Å². The number of hydrogen-bond acceptors (Lipinski definition) is 4. The van der Waals surface area contributed by atoms with E-state index in [1.54, 1.807) is 0 Å². The number of benzene rings is 2. The molecular weight excluding hydrogens is 492 g/mol. The molecular formula is C34H36N6. The van der Waals surface area contributed by atoms with Gasteiger partial charge in [-0.1, -0.05) is 74.9 Å². The number of nitrogens with zero attached hydrogens (tertiary/aromatic N) is 6. The second-order valence-corrected chi connectivity index (χ2v) is 10.4. The van der Waals surface area contributed by atoms with Gasteiger partial charge in [0.2, 0.25) is 0 Å². The van der Waals surface area contributed by atoms with Crippen LogP contribution in [-0.2, 0) is 13.1 Å². The molecule has 0 aliphatic rings. The number of hydrogen-bond donors (Lipinski definition) is 0. The van der Waals surface area contributed by atoms with Crippen molar-refractivity contribution in [2.75, 3.05) is 0 Å². The summed E-state index contributed by atoms with van der Waals surface area (Å²) in [5.74, 6) is 1.94. The Morgan fingerprint density at radius 3 is 1.25 bits per heavy atom. The molecule has 0 radical (unpaired) electrons. The Kier molecular flexibility index (Phi) is 8.23. The molecule has 0 aliphatic carbocycles. The van der Waals surface area contributed by atoms with Crippen molar-refractivity contribution in [1.82, 2.24) is 29.1 Å². The van der Waals surface area contributed by atoms with Gasteiger partial charge < -0.3 is 9.13 Å². The molecule has 6 nitrogen and oxygen atoms in total. The molecule has 0 aliphatic heterocycles. The molecule has 0 bridgehead atoms. The van der Waals surface area contributed by atoms with E-state index in [9.17, 15) is 0 Å². The first kappa shape index (κ1) is 25.9. The lowest BCUT2D eigenvalue weighted by molar-refractivity contribution is 0.532. The zero-order valence-corrected chi connectivity index (χ0v) is 23.0. The van der Waals surface area contributed by atoms with E-state index in [2.05, 4.69) is 67.6 Å². The first-order valence-corrected chi connectivity index (χ1v) is 14.6. The molecule has 0 unspecified atom stereocenters. The van der Waals surface area contributed by atoms with Crippen molar-refractivity contribution in [1.29, 1.82) is 0 Å². The Morgan fingerprint density at radius 2 is 0.825 bits per heavy atom. The summed E-state index contributed by atoms with van der Waals surface area (Å²) in [4.78, 5) is 18.9. The highest BCUT2D eigenvalue weighted by Crippen LogP contribution is 2.26. The van der Waals surface area contributed by atoms with Crippen LogP contribution in [0.2, 0.25) is 0 Å². The van der Waals surface area contributed by atoms with Gasteiger partial charge in [0.05, 0.1) is 22.1 Å². The Hall–Kier alpha value is -4.32. The minimum Gasteiger partial charge on any atom is -0.323 e. The number of aromatic nitrogens is 6. The standard InChI is InChI=1S/C34H36N6/c1(3-5-15-25-39-31-21-9-7-17-27(31)37-33(39)29-19-11-13-23-35-29)2-4-6-16-26-40-32-22-10-8-18-28(32)38-34(40)30-20-12-14-24-36-30/h7-14,17-24H,1-6,15-16,25-26H2. The van der Waals surface area contributed by atoms with Crippen molar-refractivity contribution in [2.24, 2.45) is 0 Å². The molecule has 0 fully saturated rings. The summed E-state index contributed by atoms with van der Waals surface area (Å²) < 4.78 is 4.69. The van der Waals surface area contributed by atoms with Gasteiger partial charge in [-0.2, -0.15) is 0 Å². The lowest BCUT2D eigenvalue weighted by atomic mass is 10.1. The van der Waals surface area contributed by atoms with Crippen molar-refractivity contribution < 1.29 is 0 Å². The van der Waals surface area contributed by atoms with E-state index in [1.165, 1.54) is 49.6 Å². The zero-order valence-electron chi connectivity index (χ0n) is 23.0. The SMILES string of the molecule is c1ccc(-c2nc3ccccc3n2CCCCCCCCCCn2c(-c3ccccn3)nc3ccccc32)nc1. The highest BCUT2D eigenvalue weighted by atomic mass is 15.1.